The van der Waals surface area contributed by atoms with Crippen LogP contribution in [0.5, 0.6) is 0 Å². The second-order valence-electron chi connectivity index (χ2n) is 5.21. The molecule has 0 amide bonds. The molecule has 1 aromatic rings. The van der Waals surface area contributed by atoms with Crippen LogP contribution in [0.1, 0.15) is 6.42 Å². The van der Waals surface area contributed by atoms with Crippen LogP contribution < -0.4 is 9.80 Å². The maximum absolute atomic E-state index is 11.3. The molecule has 0 saturated carbocycles. The molecule has 2 aliphatic heterocycles. The van der Waals surface area contributed by atoms with E-state index in [-0.39, 0.29) is 13.0 Å². The molecule has 8 heteroatoms. The number of nitrogens with zero attached hydrogens (tertiary/aromatic N) is 4. The molecule has 2 atom stereocenters. The fourth-order valence-corrected chi connectivity index (χ4v) is 2.72. The SMILES string of the molecule is O=C(O)[C@@H]1C[C@@H](O)CN1c1ccnc(N2CCOCC2)n1. The van der Waals surface area contributed by atoms with Crippen molar-refractivity contribution in [1.82, 2.24) is 9.97 Å². The highest BCUT2D eigenvalue weighted by atomic mass is 16.5. The van der Waals surface area contributed by atoms with E-state index in [9.17, 15) is 15.0 Å². The van der Waals surface area contributed by atoms with E-state index in [1.165, 1.54) is 0 Å². The summed E-state index contributed by atoms with van der Waals surface area (Å²) in [5.41, 5.74) is 0. The third-order valence-corrected chi connectivity index (χ3v) is 3.78. The number of aliphatic carboxylic acids is 1. The minimum atomic E-state index is -0.946. The van der Waals surface area contributed by atoms with Gasteiger partial charge in [-0.05, 0) is 6.07 Å². The molecule has 3 rings (SSSR count). The fraction of sp³-hybridized carbons (Fsp3) is 0.615. The zero-order chi connectivity index (χ0) is 14.8. The van der Waals surface area contributed by atoms with Crippen LogP contribution in [-0.2, 0) is 9.53 Å². The van der Waals surface area contributed by atoms with Gasteiger partial charge >= 0.3 is 5.97 Å². The number of morpholine rings is 1. The van der Waals surface area contributed by atoms with Crippen LogP contribution in [0.4, 0.5) is 11.8 Å². The quantitative estimate of drug-likeness (QED) is 0.758. The molecule has 0 bridgehead atoms. The molecule has 2 N–H and O–H groups in total. The summed E-state index contributed by atoms with van der Waals surface area (Å²) in [6, 6.07) is 0.935. The average molecular weight is 294 g/mol. The van der Waals surface area contributed by atoms with Crippen molar-refractivity contribution in [3.63, 3.8) is 0 Å². The van der Waals surface area contributed by atoms with Gasteiger partial charge in [0.25, 0.3) is 0 Å². The molecule has 2 fully saturated rings. The largest absolute Gasteiger partial charge is 0.480 e. The Bertz CT molecular complexity index is 521. The van der Waals surface area contributed by atoms with Crippen LogP contribution in [0, 0.1) is 0 Å². The molecule has 2 saturated heterocycles. The van der Waals surface area contributed by atoms with E-state index in [0.29, 0.717) is 38.1 Å². The summed E-state index contributed by atoms with van der Waals surface area (Å²) in [7, 11) is 0. The Labute approximate surface area is 122 Å². The summed E-state index contributed by atoms with van der Waals surface area (Å²) in [5.74, 6) is 0.162. The highest BCUT2D eigenvalue weighted by Crippen LogP contribution is 2.25. The summed E-state index contributed by atoms with van der Waals surface area (Å²) in [6.45, 7) is 2.97. The van der Waals surface area contributed by atoms with Crippen molar-refractivity contribution in [3.8, 4) is 0 Å². The highest BCUT2D eigenvalue weighted by molar-refractivity contribution is 5.78. The predicted molar refractivity (Wildman–Crippen MR) is 74.5 cm³/mol. The standard InChI is InChI=1S/C13H18N4O4/c18-9-7-10(12(19)20)17(8-9)11-1-2-14-13(15-11)16-3-5-21-6-4-16/h1-2,9-10,18H,3-8H2,(H,19,20)/t9-,10+/m1/s1. The normalized spacial score (nSPS) is 26.1. The zero-order valence-corrected chi connectivity index (χ0v) is 11.6. The summed E-state index contributed by atoms with van der Waals surface area (Å²) < 4.78 is 5.30. The minimum absolute atomic E-state index is 0.215. The number of rotatable bonds is 3. The molecule has 0 spiro atoms. The monoisotopic (exact) mass is 294 g/mol. The topological polar surface area (TPSA) is 99.0 Å². The summed E-state index contributed by atoms with van der Waals surface area (Å²) in [5, 5.41) is 19.0. The van der Waals surface area contributed by atoms with E-state index < -0.39 is 18.1 Å². The molecular formula is C13H18N4O4. The van der Waals surface area contributed by atoms with Gasteiger partial charge in [0.1, 0.15) is 11.9 Å². The number of aliphatic hydroxyl groups excluding tert-OH is 1. The number of carbonyl (C=O) groups is 1. The second-order valence-corrected chi connectivity index (χ2v) is 5.21. The van der Waals surface area contributed by atoms with Crippen molar-refractivity contribution in [2.75, 3.05) is 42.6 Å². The van der Waals surface area contributed by atoms with Gasteiger partial charge in [0, 0.05) is 32.3 Å². The van der Waals surface area contributed by atoms with Crippen LogP contribution in [0.25, 0.3) is 0 Å². The molecular weight excluding hydrogens is 276 g/mol. The average Bonchev–Trinajstić information content (AvgIpc) is 2.91. The Hall–Kier alpha value is -1.93. The van der Waals surface area contributed by atoms with Gasteiger partial charge < -0.3 is 24.7 Å². The maximum Gasteiger partial charge on any atom is 0.326 e. The van der Waals surface area contributed by atoms with Gasteiger partial charge in [-0.2, -0.15) is 4.98 Å². The van der Waals surface area contributed by atoms with Crippen LogP contribution in [0.3, 0.4) is 0 Å². The van der Waals surface area contributed by atoms with Crippen molar-refractivity contribution < 1.29 is 19.7 Å². The van der Waals surface area contributed by atoms with Crippen LogP contribution >= 0.6 is 0 Å². The van der Waals surface area contributed by atoms with Gasteiger partial charge in [-0.15, -0.1) is 0 Å². The molecule has 2 aliphatic rings. The number of carboxylic acid groups (broad SMARTS) is 1. The summed E-state index contributed by atoms with van der Waals surface area (Å²) in [4.78, 5) is 23.6. The van der Waals surface area contributed by atoms with Crippen molar-refractivity contribution in [2.24, 2.45) is 0 Å². The lowest BCUT2D eigenvalue weighted by molar-refractivity contribution is -0.138. The minimum Gasteiger partial charge on any atom is -0.480 e. The fourth-order valence-electron chi connectivity index (χ4n) is 2.72. The van der Waals surface area contributed by atoms with Crippen molar-refractivity contribution >= 4 is 17.7 Å². The van der Waals surface area contributed by atoms with Gasteiger partial charge in [-0.25, -0.2) is 9.78 Å². The number of carboxylic acids is 1. The molecule has 21 heavy (non-hydrogen) atoms. The molecule has 0 aliphatic carbocycles. The first-order valence-corrected chi connectivity index (χ1v) is 6.98. The Kier molecular flexibility index (Phi) is 3.89. The first kappa shape index (κ1) is 14.0. The molecule has 1 aromatic heterocycles. The maximum atomic E-state index is 11.3. The molecule has 3 heterocycles. The third kappa shape index (κ3) is 2.91. The molecule has 0 aromatic carbocycles. The number of hydrogen-bond acceptors (Lipinski definition) is 7. The molecule has 8 nitrogen and oxygen atoms in total. The smallest absolute Gasteiger partial charge is 0.326 e. The van der Waals surface area contributed by atoms with E-state index in [4.69, 9.17) is 4.74 Å². The number of aliphatic hydroxyl groups is 1. The second kappa shape index (κ2) is 5.82. The summed E-state index contributed by atoms with van der Waals surface area (Å²) >= 11 is 0. The molecule has 0 radical (unpaired) electrons. The van der Waals surface area contributed by atoms with E-state index >= 15 is 0 Å². The van der Waals surface area contributed by atoms with Crippen molar-refractivity contribution in [2.45, 2.75) is 18.6 Å². The lowest BCUT2D eigenvalue weighted by Crippen LogP contribution is -2.39. The van der Waals surface area contributed by atoms with Gasteiger partial charge in [0.2, 0.25) is 5.95 Å². The summed E-state index contributed by atoms with van der Waals surface area (Å²) in [6.07, 6.45) is 1.19. The van der Waals surface area contributed by atoms with Crippen molar-refractivity contribution in [3.05, 3.63) is 12.3 Å². The van der Waals surface area contributed by atoms with E-state index in [1.54, 1.807) is 17.2 Å². The van der Waals surface area contributed by atoms with E-state index in [2.05, 4.69) is 9.97 Å². The third-order valence-electron chi connectivity index (χ3n) is 3.78. The Morgan fingerprint density at radius 3 is 2.86 bits per heavy atom. The Balaban J connectivity index is 1.83. The Morgan fingerprint density at radius 2 is 2.14 bits per heavy atom. The first-order chi connectivity index (χ1) is 10.1. The lowest BCUT2D eigenvalue weighted by atomic mass is 10.2. The van der Waals surface area contributed by atoms with Gasteiger partial charge in [0.15, 0.2) is 0 Å². The van der Waals surface area contributed by atoms with E-state index in [1.807, 2.05) is 4.90 Å². The molecule has 0 unspecified atom stereocenters. The number of hydrogen-bond donors (Lipinski definition) is 2. The predicted octanol–water partition coefficient (Wildman–Crippen LogP) is -0.663. The number of anilines is 2. The number of aromatic nitrogens is 2. The van der Waals surface area contributed by atoms with Crippen LogP contribution in [0.15, 0.2) is 12.3 Å². The van der Waals surface area contributed by atoms with Gasteiger partial charge in [-0.3, -0.25) is 0 Å². The van der Waals surface area contributed by atoms with E-state index in [0.717, 1.165) is 0 Å². The van der Waals surface area contributed by atoms with Crippen molar-refractivity contribution in [1.29, 1.82) is 0 Å². The van der Waals surface area contributed by atoms with Gasteiger partial charge in [-0.1, -0.05) is 0 Å². The highest BCUT2D eigenvalue weighted by Gasteiger charge is 2.37. The molecule has 114 valence electrons. The Morgan fingerprint density at radius 1 is 1.38 bits per heavy atom. The lowest BCUT2D eigenvalue weighted by Gasteiger charge is -2.28. The number of β-amino-alcohol motifs (C(OH)–C–C–N with tert-alkyl or cyclic N) is 1. The van der Waals surface area contributed by atoms with Crippen LogP contribution in [0.2, 0.25) is 0 Å². The van der Waals surface area contributed by atoms with Gasteiger partial charge in [0.05, 0.1) is 19.3 Å². The van der Waals surface area contributed by atoms with Crippen LogP contribution in [-0.4, -0.2) is 71.1 Å². The first-order valence-electron chi connectivity index (χ1n) is 6.98. The number of ether oxygens (including phenoxy) is 1. The zero-order valence-electron chi connectivity index (χ0n) is 11.6.